The summed E-state index contributed by atoms with van der Waals surface area (Å²) < 4.78 is 0. The molecule has 0 saturated carbocycles. The van der Waals surface area contributed by atoms with Crippen molar-refractivity contribution in [1.82, 2.24) is 0 Å². The molecule has 0 aliphatic carbocycles. The molecule has 1 nitrogen and oxygen atoms in total. The van der Waals surface area contributed by atoms with E-state index >= 15 is 0 Å². The minimum absolute atomic E-state index is 0.325. The van der Waals surface area contributed by atoms with E-state index < -0.39 is 0 Å². The number of phenolic OH excluding ortho intramolecular Hbond substituents is 1. The van der Waals surface area contributed by atoms with Gasteiger partial charge in [0.1, 0.15) is 5.75 Å². The Hall–Kier alpha value is -0.690. The van der Waals surface area contributed by atoms with Gasteiger partial charge in [0.2, 0.25) is 0 Å². The molecule has 0 heterocycles. The van der Waals surface area contributed by atoms with Crippen LogP contribution in [0.15, 0.2) is 12.1 Å². The zero-order chi connectivity index (χ0) is 10.4. The maximum atomic E-state index is 9.30. The highest BCUT2D eigenvalue weighted by Gasteiger charge is 2.02. The van der Waals surface area contributed by atoms with Crippen LogP contribution >= 0.6 is 11.6 Å². The molecule has 0 radical (unpaired) electrons. The molecule has 1 aromatic carbocycles. The van der Waals surface area contributed by atoms with Gasteiger partial charge in [0.15, 0.2) is 0 Å². The van der Waals surface area contributed by atoms with Gasteiger partial charge >= 0.3 is 0 Å². The van der Waals surface area contributed by atoms with E-state index in [9.17, 15) is 5.11 Å². The molecular weight excluding hydrogens is 184 g/mol. The van der Waals surface area contributed by atoms with E-state index in [1.807, 2.05) is 27.7 Å². The fourth-order valence-electron chi connectivity index (χ4n) is 0.975. The van der Waals surface area contributed by atoms with Crippen LogP contribution in [0.2, 0.25) is 5.02 Å². The van der Waals surface area contributed by atoms with Crippen LogP contribution in [-0.2, 0) is 6.42 Å². The molecule has 0 aliphatic heterocycles. The molecule has 0 fully saturated rings. The highest BCUT2D eigenvalue weighted by Crippen LogP contribution is 2.25. The number of rotatable bonds is 1. The number of hydrogen-bond donors (Lipinski definition) is 1. The van der Waals surface area contributed by atoms with E-state index in [1.165, 1.54) is 0 Å². The van der Waals surface area contributed by atoms with E-state index in [0.717, 1.165) is 22.6 Å². The van der Waals surface area contributed by atoms with Crippen molar-refractivity contribution >= 4 is 11.6 Å². The Balaban J connectivity index is 0.000000671. The Morgan fingerprint density at radius 3 is 2.31 bits per heavy atom. The van der Waals surface area contributed by atoms with Crippen LogP contribution in [0.5, 0.6) is 5.75 Å². The van der Waals surface area contributed by atoms with E-state index in [0.29, 0.717) is 5.75 Å². The summed E-state index contributed by atoms with van der Waals surface area (Å²) in [6, 6.07) is 3.51. The predicted molar refractivity (Wildman–Crippen MR) is 58.6 cm³/mol. The van der Waals surface area contributed by atoms with E-state index in [1.54, 1.807) is 12.1 Å². The molecule has 1 aromatic rings. The van der Waals surface area contributed by atoms with Gasteiger partial charge in [0.25, 0.3) is 0 Å². The maximum absolute atomic E-state index is 9.30. The van der Waals surface area contributed by atoms with Crippen LogP contribution in [0.1, 0.15) is 31.9 Å². The maximum Gasteiger partial charge on any atom is 0.118 e. The summed E-state index contributed by atoms with van der Waals surface area (Å²) in [7, 11) is 0. The minimum atomic E-state index is 0.325. The number of halogens is 1. The SMILES string of the molecule is CC.CCc1cc(O)c(C)cc1Cl. The molecule has 0 unspecified atom stereocenters. The summed E-state index contributed by atoms with van der Waals surface area (Å²) in [5, 5.41) is 10.0. The zero-order valence-electron chi connectivity index (χ0n) is 8.69. The van der Waals surface area contributed by atoms with Gasteiger partial charge in [-0.1, -0.05) is 32.4 Å². The molecule has 13 heavy (non-hydrogen) atoms. The Bertz CT molecular complexity index is 269. The molecular formula is C11H17ClO. The van der Waals surface area contributed by atoms with Crippen molar-refractivity contribution in [3.05, 3.63) is 28.3 Å². The number of phenols is 1. The van der Waals surface area contributed by atoms with Crippen LogP contribution in [-0.4, -0.2) is 5.11 Å². The van der Waals surface area contributed by atoms with Crippen LogP contribution in [0.25, 0.3) is 0 Å². The Labute approximate surface area is 85.4 Å². The van der Waals surface area contributed by atoms with Gasteiger partial charge < -0.3 is 5.11 Å². The van der Waals surface area contributed by atoms with Crippen LogP contribution in [0, 0.1) is 6.92 Å². The molecule has 0 spiro atoms. The van der Waals surface area contributed by atoms with Crippen molar-refractivity contribution in [2.45, 2.75) is 34.1 Å². The lowest BCUT2D eigenvalue weighted by Gasteiger charge is -2.03. The number of aryl methyl sites for hydroxylation is 2. The third kappa shape index (κ3) is 3.27. The summed E-state index contributed by atoms with van der Waals surface area (Å²) >= 11 is 5.89. The highest BCUT2D eigenvalue weighted by atomic mass is 35.5. The molecule has 1 N–H and O–H groups in total. The molecule has 0 aliphatic rings. The van der Waals surface area contributed by atoms with Gasteiger partial charge in [-0.15, -0.1) is 0 Å². The smallest absolute Gasteiger partial charge is 0.118 e. The summed E-state index contributed by atoms with van der Waals surface area (Å²) in [4.78, 5) is 0. The fourth-order valence-corrected chi connectivity index (χ4v) is 1.33. The Morgan fingerprint density at radius 2 is 1.85 bits per heavy atom. The topological polar surface area (TPSA) is 20.2 Å². The first-order valence-corrected chi connectivity index (χ1v) is 5.01. The molecule has 0 saturated heterocycles. The van der Waals surface area contributed by atoms with Crippen molar-refractivity contribution in [3.63, 3.8) is 0 Å². The average molecular weight is 201 g/mol. The predicted octanol–water partition coefficient (Wildman–Crippen LogP) is 3.94. The summed E-state index contributed by atoms with van der Waals surface area (Å²) in [6.45, 7) is 7.84. The highest BCUT2D eigenvalue weighted by molar-refractivity contribution is 6.31. The largest absolute Gasteiger partial charge is 0.508 e. The van der Waals surface area contributed by atoms with Gasteiger partial charge in [-0.25, -0.2) is 0 Å². The first kappa shape index (κ1) is 12.3. The molecule has 0 aromatic heterocycles. The first-order valence-electron chi connectivity index (χ1n) is 4.63. The number of aromatic hydroxyl groups is 1. The quantitative estimate of drug-likeness (QED) is 0.728. The summed E-state index contributed by atoms with van der Waals surface area (Å²) in [5.41, 5.74) is 1.82. The minimum Gasteiger partial charge on any atom is -0.508 e. The summed E-state index contributed by atoms with van der Waals surface area (Å²) in [6.07, 6.45) is 0.854. The molecule has 74 valence electrons. The van der Waals surface area contributed by atoms with Gasteiger partial charge in [-0.05, 0) is 36.6 Å². The number of benzene rings is 1. The lowest BCUT2D eigenvalue weighted by molar-refractivity contribution is 0.470. The second-order valence-electron chi connectivity index (χ2n) is 2.58. The van der Waals surface area contributed by atoms with Crippen molar-refractivity contribution in [2.75, 3.05) is 0 Å². The molecule has 0 amide bonds. The molecule has 2 heteroatoms. The first-order chi connectivity index (χ1) is 6.15. The standard InChI is InChI=1S/C9H11ClO.C2H6/c1-3-7-5-9(11)6(2)4-8(7)10;1-2/h4-5,11H,3H2,1-2H3;1-2H3. The third-order valence-corrected chi connectivity index (χ3v) is 2.10. The molecule has 0 bridgehead atoms. The Morgan fingerprint density at radius 1 is 1.31 bits per heavy atom. The normalized spacial score (nSPS) is 9.00. The zero-order valence-corrected chi connectivity index (χ0v) is 9.44. The fraction of sp³-hybridized carbons (Fsp3) is 0.455. The van der Waals surface area contributed by atoms with E-state index in [4.69, 9.17) is 11.6 Å². The van der Waals surface area contributed by atoms with Gasteiger partial charge in [0, 0.05) is 5.02 Å². The van der Waals surface area contributed by atoms with Crippen LogP contribution < -0.4 is 0 Å². The van der Waals surface area contributed by atoms with Crippen molar-refractivity contribution in [3.8, 4) is 5.75 Å². The van der Waals surface area contributed by atoms with Gasteiger partial charge in [0.05, 0.1) is 0 Å². The molecule has 1 rings (SSSR count). The van der Waals surface area contributed by atoms with E-state index in [-0.39, 0.29) is 0 Å². The lowest BCUT2D eigenvalue weighted by atomic mass is 10.1. The third-order valence-electron chi connectivity index (χ3n) is 1.75. The van der Waals surface area contributed by atoms with Gasteiger partial charge in [-0.3, -0.25) is 0 Å². The lowest BCUT2D eigenvalue weighted by Crippen LogP contribution is -1.83. The average Bonchev–Trinajstić information content (AvgIpc) is 2.15. The van der Waals surface area contributed by atoms with Crippen molar-refractivity contribution in [2.24, 2.45) is 0 Å². The monoisotopic (exact) mass is 200 g/mol. The van der Waals surface area contributed by atoms with Crippen LogP contribution in [0.4, 0.5) is 0 Å². The van der Waals surface area contributed by atoms with Crippen molar-refractivity contribution in [1.29, 1.82) is 0 Å². The van der Waals surface area contributed by atoms with Crippen LogP contribution in [0.3, 0.4) is 0 Å². The Kier molecular flexibility index (Phi) is 5.56. The second kappa shape index (κ2) is 5.87. The second-order valence-corrected chi connectivity index (χ2v) is 2.99. The summed E-state index contributed by atoms with van der Waals surface area (Å²) in [5.74, 6) is 0.325. The van der Waals surface area contributed by atoms with Crippen molar-refractivity contribution < 1.29 is 5.11 Å². The van der Waals surface area contributed by atoms with Gasteiger partial charge in [-0.2, -0.15) is 0 Å². The number of hydrogen-bond acceptors (Lipinski definition) is 1. The molecule has 0 atom stereocenters. The van der Waals surface area contributed by atoms with E-state index in [2.05, 4.69) is 0 Å².